The highest BCUT2D eigenvalue weighted by Crippen LogP contribution is 2.13. The minimum Gasteiger partial charge on any atom is -0.394 e. The van der Waals surface area contributed by atoms with Gasteiger partial charge in [0.2, 0.25) is 5.95 Å². The first-order valence-corrected chi connectivity index (χ1v) is 4.49. The Hall–Kier alpha value is -1.36. The highest BCUT2D eigenvalue weighted by Gasteiger charge is 2.10. The van der Waals surface area contributed by atoms with Crippen LogP contribution in [-0.4, -0.2) is 34.8 Å². The minimum atomic E-state index is 0.0173. The summed E-state index contributed by atoms with van der Waals surface area (Å²) in [5, 5.41) is 8.99. The molecule has 3 N–H and O–H groups in total. The Morgan fingerprint density at radius 2 is 2.21 bits per heavy atom. The first kappa shape index (κ1) is 10.7. The van der Waals surface area contributed by atoms with E-state index in [4.69, 9.17) is 10.8 Å². The molecule has 0 bridgehead atoms. The van der Waals surface area contributed by atoms with Gasteiger partial charge in [0, 0.05) is 18.8 Å². The molecule has 0 radical (unpaired) electrons. The maximum absolute atomic E-state index is 8.99. The first-order valence-electron chi connectivity index (χ1n) is 4.49. The molecular weight excluding hydrogens is 180 g/mol. The summed E-state index contributed by atoms with van der Waals surface area (Å²) >= 11 is 0. The van der Waals surface area contributed by atoms with Crippen LogP contribution in [0.25, 0.3) is 0 Å². The van der Waals surface area contributed by atoms with E-state index in [1.54, 1.807) is 0 Å². The maximum atomic E-state index is 8.99. The van der Waals surface area contributed by atoms with Crippen molar-refractivity contribution >= 4 is 11.8 Å². The Kier molecular flexibility index (Phi) is 3.24. The number of aliphatic hydroxyl groups excluding tert-OH is 1. The van der Waals surface area contributed by atoms with E-state index >= 15 is 0 Å². The van der Waals surface area contributed by atoms with Gasteiger partial charge in [-0.3, -0.25) is 0 Å². The number of rotatable bonds is 3. The monoisotopic (exact) mass is 196 g/mol. The molecule has 0 aliphatic heterocycles. The van der Waals surface area contributed by atoms with Gasteiger partial charge < -0.3 is 15.7 Å². The summed E-state index contributed by atoms with van der Waals surface area (Å²) in [6.07, 6.45) is 0. The Balaban J connectivity index is 2.94. The molecule has 14 heavy (non-hydrogen) atoms. The zero-order valence-electron chi connectivity index (χ0n) is 8.73. The van der Waals surface area contributed by atoms with Crippen molar-refractivity contribution in [1.82, 2.24) is 9.97 Å². The molecule has 78 valence electrons. The van der Waals surface area contributed by atoms with E-state index < -0.39 is 0 Å². The summed E-state index contributed by atoms with van der Waals surface area (Å²) in [6, 6.07) is 1.85. The third kappa shape index (κ3) is 2.32. The third-order valence-electron chi connectivity index (χ3n) is 2.14. The molecule has 5 nitrogen and oxygen atoms in total. The van der Waals surface area contributed by atoms with Crippen LogP contribution < -0.4 is 10.6 Å². The van der Waals surface area contributed by atoms with Gasteiger partial charge in [-0.1, -0.05) is 0 Å². The molecule has 0 aliphatic rings. The predicted molar refractivity (Wildman–Crippen MR) is 56.1 cm³/mol. The van der Waals surface area contributed by atoms with Crippen LogP contribution in [0.5, 0.6) is 0 Å². The second-order valence-corrected chi connectivity index (χ2v) is 3.37. The van der Waals surface area contributed by atoms with E-state index in [2.05, 4.69) is 9.97 Å². The fourth-order valence-corrected chi connectivity index (χ4v) is 1.10. The van der Waals surface area contributed by atoms with Crippen LogP contribution in [0.15, 0.2) is 6.07 Å². The molecule has 0 amide bonds. The summed E-state index contributed by atoms with van der Waals surface area (Å²) in [5.74, 6) is 0.994. The number of likely N-dealkylation sites (N-methyl/N-ethyl adjacent to an activating group) is 1. The number of nitrogen functional groups attached to an aromatic ring is 1. The van der Waals surface area contributed by atoms with Crippen LogP contribution in [-0.2, 0) is 0 Å². The number of aryl methyl sites for hydroxylation is 1. The molecule has 0 aromatic carbocycles. The van der Waals surface area contributed by atoms with Gasteiger partial charge in [-0.05, 0) is 13.8 Å². The smallest absolute Gasteiger partial charge is 0.222 e. The fraction of sp³-hybridized carbons (Fsp3) is 0.556. The molecule has 1 rings (SSSR count). The summed E-state index contributed by atoms with van der Waals surface area (Å²) in [6.45, 7) is 3.85. The average Bonchev–Trinajstić information content (AvgIpc) is 2.14. The lowest BCUT2D eigenvalue weighted by atomic mass is 10.3. The minimum absolute atomic E-state index is 0.0173. The molecule has 0 saturated carbocycles. The van der Waals surface area contributed by atoms with Crippen LogP contribution in [0.1, 0.15) is 12.6 Å². The molecule has 5 heteroatoms. The van der Waals surface area contributed by atoms with Gasteiger partial charge in [0.25, 0.3) is 0 Å². The van der Waals surface area contributed by atoms with E-state index in [9.17, 15) is 0 Å². The number of hydrogen-bond acceptors (Lipinski definition) is 5. The van der Waals surface area contributed by atoms with Crippen LogP contribution in [0, 0.1) is 6.92 Å². The van der Waals surface area contributed by atoms with Crippen LogP contribution >= 0.6 is 0 Å². The standard InChI is InChI=1S/C9H16N4O/c1-6-4-8(12-9(10)11-6)13(3)7(2)5-14/h4,7,14H,5H2,1-3H3,(H2,10,11,12). The molecule has 0 spiro atoms. The highest BCUT2D eigenvalue weighted by atomic mass is 16.3. The van der Waals surface area contributed by atoms with Gasteiger partial charge >= 0.3 is 0 Å². The fourth-order valence-electron chi connectivity index (χ4n) is 1.10. The lowest BCUT2D eigenvalue weighted by Gasteiger charge is -2.24. The van der Waals surface area contributed by atoms with Gasteiger partial charge in [-0.15, -0.1) is 0 Å². The molecule has 0 fully saturated rings. The number of hydrogen-bond donors (Lipinski definition) is 2. The van der Waals surface area contributed by atoms with E-state index in [1.165, 1.54) is 0 Å². The largest absolute Gasteiger partial charge is 0.394 e. The van der Waals surface area contributed by atoms with Crippen molar-refractivity contribution in [1.29, 1.82) is 0 Å². The summed E-state index contributed by atoms with van der Waals surface area (Å²) < 4.78 is 0. The molecule has 0 aliphatic carbocycles. The quantitative estimate of drug-likeness (QED) is 0.721. The molecular formula is C9H16N4O. The Bertz CT molecular complexity index is 295. The Labute approximate surface area is 83.6 Å². The number of nitrogens with zero attached hydrogens (tertiary/aromatic N) is 3. The van der Waals surface area contributed by atoms with E-state index in [0.717, 1.165) is 11.5 Å². The van der Waals surface area contributed by atoms with E-state index in [-0.39, 0.29) is 18.6 Å². The first-order chi connectivity index (χ1) is 6.54. The SMILES string of the molecule is Cc1cc(N(C)C(C)CO)nc(N)n1. The van der Waals surface area contributed by atoms with E-state index in [1.807, 2.05) is 31.9 Å². The van der Waals surface area contributed by atoms with Crippen LogP contribution in [0.2, 0.25) is 0 Å². The summed E-state index contributed by atoms with van der Waals surface area (Å²) in [7, 11) is 1.86. The van der Waals surface area contributed by atoms with Crippen molar-refractivity contribution in [3.8, 4) is 0 Å². The second kappa shape index (κ2) is 4.23. The van der Waals surface area contributed by atoms with Crippen molar-refractivity contribution in [2.75, 3.05) is 24.3 Å². The second-order valence-electron chi connectivity index (χ2n) is 3.37. The number of aromatic nitrogens is 2. The van der Waals surface area contributed by atoms with Crippen molar-refractivity contribution in [3.63, 3.8) is 0 Å². The number of anilines is 2. The molecule has 1 aromatic rings. The maximum Gasteiger partial charge on any atom is 0.222 e. The van der Waals surface area contributed by atoms with Crippen molar-refractivity contribution in [2.24, 2.45) is 0 Å². The Morgan fingerprint density at radius 1 is 1.57 bits per heavy atom. The Morgan fingerprint density at radius 3 is 2.71 bits per heavy atom. The number of nitrogens with two attached hydrogens (primary N) is 1. The molecule has 1 unspecified atom stereocenters. The molecule has 1 atom stereocenters. The van der Waals surface area contributed by atoms with Gasteiger partial charge in [0.05, 0.1) is 12.6 Å². The van der Waals surface area contributed by atoms with Gasteiger partial charge in [0.1, 0.15) is 5.82 Å². The van der Waals surface area contributed by atoms with Gasteiger partial charge in [-0.25, -0.2) is 4.98 Å². The number of aliphatic hydroxyl groups is 1. The lowest BCUT2D eigenvalue weighted by molar-refractivity contribution is 0.270. The zero-order valence-corrected chi connectivity index (χ0v) is 8.73. The van der Waals surface area contributed by atoms with Gasteiger partial charge in [0.15, 0.2) is 0 Å². The topological polar surface area (TPSA) is 75.3 Å². The molecule has 1 aromatic heterocycles. The lowest BCUT2D eigenvalue weighted by Crippen LogP contribution is -2.32. The molecule has 0 saturated heterocycles. The average molecular weight is 196 g/mol. The van der Waals surface area contributed by atoms with Crippen LogP contribution in [0.4, 0.5) is 11.8 Å². The van der Waals surface area contributed by atoms with Crippen molar-refractivity contribution in [3.05, 3.63) is 11.8 Å². The van der Waals surface area contributed by atoms with Gasteiger partial charge in [-0.2, -0.15) is 4.98 Å². The highest BCUT2D eigenvalue weighted by molar-refractivity contribution is 5.43. The summed E-state index contributed by atoms with van der Waals surface area (Å²) in [5.41, 5.74) is 6.35. The van der Waals surface area contributed by atoms with Crippen molar-refractivity contribution < 1.29 is 5.11 Å². The predicted octanol–water partition coefficient (Wildman–Crippen LogP) is 0.184. The van der Waals surface area contributed by atoms with Crippen molar-refractivity contribution in [2.45, 2.75) is 19.9 Å². The van der Waals surface area contributed by atoms with Crippen LogP contribution in [0.3, 0.4) is 0 Å². The normalized spacial score (nSPS) is 12.6. The summed E-state index contributed by atoms with van der Waals surface area (Å²) in [4.78, 5) is 9.93. The third-order valence-corrected chi connectivity index (χ3v) is 2.14. The zero-order chi connectivity index (χ0) is 10.7. The molecule has 1 heterocycles. The van der Waals surface area contributed by atoms with E-state index in [0.29, 0.717) is 0 Å².